The van der Waals surface area contributed by atoms with Crippen molar-refractivity contribution >= 4 is 25.7 Å². The van der Waals surface area contributed by atoms with E-state index in [1.807, 2.05) is 0 Å². The number of ether oxygens (including phenoxy) is 1. The minimum absolute atomic E-state index is 0.0103. The summed E-state index contributed by atoms with van der Waals surface area (Å²) in [4.78, 5) is -0.0103. The number of sulfonamides is 2. The Labute approximate surface area is 155 Å². The Bertz CT molecular complexity index is 846. The molecule has 7 nitrogen and oxygen atoms in total. The predicted octanol–water partition coefficient (Wildman–Crippen LogP) is 2.24. The first-order chi connectivity index (χ1) is 12.3. The van der Waals surface area contributed by atoms with Gasteiger partial charge in [0.1, 0.15) is 10.6 Å². The molecule has 0 aromatic heterocycles. The summed E-state index contributed by atoms with van der Waals surface area (Å²) < 4.78 is 59.8. The summed E-state index contributed by atoms with van der Waals surface area (Å²) >= 11 is 0. The molecule has 1 saturated carbocycles. The van der Waals surface area contributed by atoms with Crippen molar-refractivity contribution in [3.05, 3.63) is 18.2 Å². The maximum atomic E-state index is 12.9. The fraction of sp³-hybridized carbons (Fsp3) is 0.647. The standard InChI is InChI=1S/C17H26N2O5S2/c1-24-16-10-9-15(19-11-5-6-12-25(19,20)21)13-17(16)26(22,23)18-14-7-3-2-4-8-14/h9-10,13-14,18H,2-8,11-12H2,1H3. The summed E-state index contributed by atoms with van der Waals surface area (Å²) in [5, 5.41) is 0. The minimum Gasteiger partial charge on any atom is -0.495 e. The van der Waals surface area contributed by atoms with E-state index < -0.39 is 20.0 Å². The van der Waals surface area contributed by atoms with Gasteiger partial charge in [-0.3, -0.25) is 4.31 Å². The molecule has 1 aromatic carbocycles. The Hall–Kier alpha value is -1.32. The van der Waals surface area contributed by atoms with Crippen LogP contribution >= 0.6 is 0 Å². The van der Waals surface area contributed by atoms with E-state index in [0.717, 1.165) is 38.5 Å². The Morgan fingerprint density at radius 3 is 2.50 bits per heavy atom. The summed E-state index contributed by atoms with van der Waals surface area (Å²) in [6.45, 7) is 0.365. The van der Waals surface area contributed by atoms with Gasteiger partial charge < -0.3 is 4.74 Å². The van der Waals surface area contributed by atoms with E-state index >= 15 is 0 Å². The van der Waals surface area contributed by atoms with Crippen LogP contribution in [0.15, 0.2) is 23.1 Å². The van der Waals surface area contributed by atoms with Gasteiger partial charge in [0.05, 0.1) is 18.6 Å². The first-order valence-corrected chi connectivity index (χ1v) is 12.1. The summed E-state index contributed by atoms with van der Waals surface area (Å²) in [7, 11) is -5.80. The topological polar surface area (TPSA) is 92.8 Å². The van der Waals surface area contributed by atoms with Crippen LogP contribution in [0.2, 0.25) is 0 Å². The van der Waals surface area contributed by atoms with Crippen molar-refractivity contribution in [1.82, 2.24) is 4.72 Å². The van der Waals surface area contributed by atoms with Crippen molar-refractivity contribution in [1.29, 1.82) is 0 Å². The zero-order valence-electron chi connectivity index (χ0n) is 15.0. The Balaban J connectivity index is 1.94. The van der Waals surface area contributed by atoms with E-state index in [2.05, 4.69) is 4.72 Å². The number of benzene rings is 1. The monoisotopic (exact) mass is 402 g/mol. The molecule has 0 amide bonds. The lowest BCUT2D eigenvalue weighted by atomic mass is 9.96. The van der Waals surface area contributed by atoms with Gasteiger partial charge >= 0.3 is 0 Å². The van der Waals surface area contributed by atoms with E-state index in [0.29, 0.717) is 18.7 Å². The van der Waals surface area contributed by atoms with Gasteiger partial charge in [-0.2, -0.15) is 0 Å². The highest BCUT2D eigenvalue weighted by Gasteiger charge is 2.30. The average Bonchev–Trinajstić information content (AvgIpc) is 2.61. The van der Waals surface area contributed by atoms with Gasteiger partial charge in [0.15, 0.2) is 0 Å². The van der Waals surface area contributed by atoms with Gasteiger partial charge in [-0.1, -0.05) is 19.3 Å². The zero-order valence-corrected chi connectivity index (χ0v) is 16.6. The number of hydrogen-bond donors (Lipinski definition) is 1. The van der Waals surface area contributed by atoms with Crippen molar-refractivity contribution in [3.8, 4) is 5.75 Å². The summed E-state index contributed by atoms with van der Waals surface area (Å²) in [5.74, 6) is 0.299. The molecule has 1 saturated heterocycles. The molecule has 0 bridgehead atoms. The van der Waals surface area contributed by atoms with Crippen LogP contribution in [0.5, 0.6) is 5.75 Å². The highest BCUT2D eigenvalue weighted by Crippen LogP contribution is 2.32. The molecule has 2 fully saturated rings. The Kier molecular flexibility index (Phi) is 5.78. The molecule has 0 unspecified atom stereocenters. The first kappa shape index (κ1) is 19.4. The molecular formula is C17H26N2O5S2. The lowest BCUT2D eigenvalue weighted by Gasteiger charge is -2.29. The lowest BCUT2D eigenvalue weighted by Crippen LogP contribution is -2.38. The van der Waals surface area contributed by atoms with Crippen molar-refractivity contribution < 1.29 is 21.6 Å². The van der Waals surface area contributed by atoms with Crippen molar-refractivity contribution in [2.24, 2.45) is 0 Å². The lowest BCUT2D eigenvalue weighted by molar-refractivity contribution is 0.396. The number of anilines is 1. The molecule has 1 N–H and O–H groups in total. The summed E-state index contributed by atoms with van der Waals surface area (Å²) in [6.07, 6.45) is 6.18. The average molecular weight is 403 g/mol. The van der Waals surface area contributed by atoms with Crippen molar-refractivity contribution in [3.63, 3.8) is 0 Å². The van der Waals surface area contributed by atoms with Crippen LogP contribution in [-0.4, -0.2) is 42.3 Å². The normalized spacial score (nSPS) is 21.5. The molecule has 1 aliphatic carbocycles. The van der Waals surface area contributed by atoms with Crippen LogP contribution in [0, 0.1) is 0 Å². The second kappa shape index (κ2) is 7.74. The molecule has 2 aliphatic rings. The molecule has 0 spiro atoms. The highest BCUT2D eigenvalue weighted by atomic mass is 32.2. The van der Waals surface area contributed by atoms with Crippen LogP contribution in [0.4, 0.5) is 5.69 Å². The molecular weight excluding hydrogens is 376 g/mol. The molecule has 146 valence electrons. The third kappa shape index (κ3) is 4.15. The van der Waals surface area contributed by atoms with Crippen LogP contribution in [0.3, 0.4) is 0 Å². The number of methoxy groups -OCH3 is 1. The fourth-order valence-electron chi connectivity index (χ4n) is 3.61. The van der Waals surface area contributed by atoms with Crippen molar-refractivity contribution in [2.45, 2.75) is 55.9 Å². The van der Waals surface area contributed by atoms with E-state index in [9.17, 15) is 16.8 Å². The molecule has 1 aromatic rings. The van der Waals surface area contributed by atoms with E-state index in [4.69, 9.17) is 4.74 Å². The second-order valence-corrected chi connectivity index (χ2v) is 10.6. The van der Waals surface area contributed by atoms with Gasteiger partial charge in [0.2, 0.25) is 20.0 Å². The smallest absolute Gasteiger partial charge is 0.244 e. The minimum atomic E-state index is -3.80. The van der Waals surface area contributed by atoms with Gasteiger partial charge in [0.25, 0.3) is 0 Å². The van der Waals surface area contributed by atoms with E-state index in [1.165, 1.54) is 23.5 Å². The molecule has 0 radical (unpaired) electrons. The highest BCUT2D eigenvalue weighted by molar-refractivity contribution is 7.92. The first-order valence-electron chi connectivity index (χ1n) is 9.04. The van der Waals surface area contributed by atoms with Crippen LogP contribution in [0.25, 0.3) is 0 Å². The maximum Gasteiger partial charge on any atom is 0.244 e. The number of hydrogen-bond acceptors (Lipinski definition) is 5. The largest absolute Gasteiger partial charge is 0.495 e. The molecule has 1 aliphatic heterocycles. The maximum absolute atomic E-state index is 12.9. The Morgan fingerprint density at radius 2 is 1.85 bits per heavy atom. The SMILES string of the molecule is COc1ccc(N2CCCCS2(=O)=O)cc1S(=O)(=O)NC1CCCCC1. The van der Waals surface area contributed by atoms with Gasteiger partial charge in [-0.15, -0.1) is 0 Å². The number of nitrogens with one attached hydrogen (secondary N) is 1. The Morgan fingerprint density at radius 1 is 1.12 bits per heavy atom. The number of nitrogens with zero attached hydrogens (tertiary/aromatic N) is 1. The third-order valence-electron chi connectivity index (χ3n) is 5.00. The molecule has 9 heteroatoms. The summed E-state index contributed by atoms with van der Waals surface area (Å²) in [5.41, 5.74) is 0.370. The molecule has 0 atom stereocenters. The van der Waals surface area contributed by atoms with Crippen LogP contribution in [0.1, 0.15) is 44.9 Å². The van der Waals surface area contributed by atoms with Crippen LogP contribution in [-0.2, 0) is 20.0 Å². The van der Waals surface area contributed by atoms with Gasteiger partial charge in [-0.25, -0.2) is 21.6 Å². The van der Waals surface area contributed by atoms with E-state index in [-0.39, 0.29) is 22.4 Å². The number of rotatable bonds is 5. The molecule has 3 rings (SSSR count). The van der Waals surface area contributed by atoms with Gasteiger partial charge in [0, 0.05) is 12.6 Å². The zero-order chi connectivity index (χ0) is 18.8. The third-order valence-corrected chi connectivity index (χ3v) is 8.41. The summed E-state index contributed by atoms with van der Waals surface area (Å²) in [6, 6.07) is 4.45. The quantitative estimate of drug-likeness (QED) is 0.815. The predicted molar refractivity (Wildman–Crippen MR) is 101 cm³/mol. The molecule has 26 heavy (non-hydrogen) atoms. The molecule has 1 heterocycles. The van der Waals surface area contributed by atoms with Crippen LogP contribution < -0.4 is 13.8 Å². The van der Waals surface area contributed by atoms with Gasteiger partial charge in [-0.05, 0) is 43.9 Å². The second-order valence-electron chi connectivity index (χ2n) is 6.89. The van der Waals surface area contributed by atoms with E-state index in [1.54, 1.807) is 6.07 Å². The fourth-order valence-corrected chi connectivity index (χ4v) is 6.74. The van der Waals surface area contributed by atoms with Crippen molar-refractivity contribution in [2.75, 3.05) is 23.7 Å².